The van der Waals surface area contributed by atoms with E-state index in [4.69, 9.17) is 9.47 Å². The Kier molecular flexibility index (Phi) is 8.63. The molecule has 2 nitrogen and oxygen atoms in total. The maximum atomic E-state index is 5.55. The Labute approximate surface area is 130 Å². The van der Waals surface area contributed by atoms with Gasteiger partial charge in [0, 0.05) is 7.11 Å². The highest BCUT2D eigenvalue weighted by Gasteiger charge is 2.16. The molecule has 1 rings (SSSR count). The summed E-state index contributed by atoms with van der Waals surface area (Å²) in [4.78, 5) is 0. The molecule has 0 spiro atoms. The highest BCUT2D eigenvalue weighted by atomic mass is 16.5. The highest BCUT2D eigenvalue weighted by molar-refractivity contribution is 5.25. The molecule has 0 saturated heterocycles. The van der Waals surface area contributed by atoms with Gasteiger partial charge in [-0.05, 0) is 35.3 Å². The largest absolute Gasteiger partial charge is 0.382 e. The fourth-order valence-corrected chi connectivity index (χ4v) is 2.58. The van der Waals surface area contributed by atoms with Crippen molar-refractivity contribution in [1.82, 2.24) is 0 Å². The van der Waals surface area contributed by atoms with Crippen molar-refractivity contribution in [1.29, 1.82) is 0 Å². The summed E-state index contributed by atoms with van der Waals surface area (Å²) in [6.45, 7) is 11.3. The number of ether oxygens (including phenoxy) is 2. The molecule has 0 fully saturated rings. The minimum Gasteiger partial charge on any atom is -0.382 e. The van der Waals surface area contributed by atoms with Crippen LogP contribution in [-0.2, 0) is 16.1 Å². The third kappa shape index (κ3) is 6.62. The van der Waals surface area contributed by atoms with Crippen LogP contribution in [0.25, 0.3) is 0 Å². The van der Waals surface area contributed by atoms with Crippen LogP contribution in [-0.4, -0.2) is 20.3 Å². The van der Waals surface area contributed by atoms with Gasteiger partial charge in [0.2, 0.25) is 0 Å². The fourth-order valence-electron chi connectivity index (χ4n) is 2.58. The first kappa shape index (κ1) is 18.2. The van der Waals surface area contributed by atoms with Crippen LogP contribution in [0.5, 0.6) is 0 Å². The number of rotatable bonds is 10. The predicted octanol–water partition coefficient (Wildman–Crippen LogP) is 5.03. The zero-order valence-corrected chi connectivity index (χ0v) is 14.4. The van der Waals surface area contributed by atoms with Crippen LogP contribution in [0.2, 0.25) is 0 Å². The number of hydrogen-bond donors (Lipinski definition) is 0. The normalized spacial score (nSPS) is 15.7. The molecule has 0 aromatic heterocycles. The summed E-state index contributed by atoms with van der Waals surface area (Å²) in [7, 11) is 1.69. The number of hydrogen-bond acceptors (Lipinski definition) is 2. The zero-order chi connectivity index (χ0) is 15.7. The molecule has 0 aliphatic rings. The van der Waals surface area contributed by atoms with Crippen molar-refractivity contribution in [2.75, 3.05) is 20.3 Å². The van der Waals surface area contributed by atoms with Gasteiger partial charge in [0.05, 0.1) is 19.8 Å². The smallest absolute Gasteiger partial charge is 0.0718 e. The van der Waals surface area contributed by atoms with Gasteiger partial charge in [0.15, 0.2) is 0 Å². The fraction of sp³-hybridized carbons (Fsp3) is 0.684. The third-order valence-corrected chi connectivity index (χ3v) is 4.53. The molecule has 0 amide bonds. The Morgan fingerprint density at radius 2 is 1.67 bits per heavy atom. The number of benzene rings is 1. The van der Waals surface area contributed by atoms with E-state index in [0.29, 0.717) is 25.7 Å². The van der Waals surface area contributed by atoms with Crippen molar-refractivity contribution in [2.24, 2.45) is 11.8 Å². The summed E-state index contributed by atoms with van der Waals surface area (Å²) in [5.41, 5.74) is 2.67. The second kappa shape index (κ2) is 9.97. The van der Waals surface area contributed by atoms with Crippen molar-refractivity contribution < 1.29 is 9.47 Å². The molecular formula is C19H32O2. The lowest BCUT2D eigenvalue weighted by atomic mass is 9.82. The zero-order valence-electron chi connectivity index (χ0n) is 14.4. The monoisotopic (exact) mass is 292 g/mol. The van der Waals surface area contributed by atoms with Gasteiger partial charge in [-0.25, -0.2) is 0 Å². The van der Waals surface area contributed by atoms with E-state index in [1.54, 1.807) is 7.11 Å². The summed E-state index contributed by atoms with van der Waals surface area (Å²) in [6.07, 6.45) is 2.58. The number of methoxy groups -OCH3 is 1. The van der Waals surface area contributed by atoms with E-state index in [-0.39, 0.29) is 0 Å². The first-order valence-electron chi connectivity index (χ1n) is 8.24. The Morgan fingerprint density at radius 3 is 2.24 bits per heavy atom. The SMILES string of the molecule is CCC(C)CC(C)C(C)c1ccc(COCCOC)cc1. The van der Waals surface area contributed by atoms with E-state index in [2.05, 4.69) is 52.0 Å². The lowest BCUT2D eigenvalue weighted by Crippen LogP contribution is -2.10. The molecule has 120 valence electrons. The summed E-state index contributed by atoms with van der Waals surface area (Å²) in [5.74, 6) is 2.15. The van der Waals surface area contributed by atoms with Gasteiger partial charge in [-0.2, -0.15) is 0 Å². The second-order valence-electron chi connectivity index (χ2n) is 6.30. The molecule has 0 N–H and O–H groups in total. The predicted molar refractivity (Wildman–Crippen MR) is 89.6 cm³/mol. The Balaban J connectivity index is 2.48. The maximum absolute atomic E-state index is 5.55. The van der Waals surface area contributed by atoms with Crippen LogP contribution >= 0.6 is 0 Å². The minimum absolute atomic E-state index is 0.613. The molecule has 0 saturated carbocycles. The second-order valence-corrected chi connectivity index (χ2v) is 6.30. The van der Waals surface area contributed by atoms with Gasteiger partial charge in [-0.1, -0.05) is 58.4 Å². The van der Waals surface area contributed by atoms with Crippen LogP contribution < -0.4 is 0 Å². The molecule has 1 aromatic rings. The van der Waals surface area contributed by atoms with Gasteiger partial charge >= 0.3 is 0 Å². The lowest BCUT2D eigenvalue weighted by molar-refractivity contribution is 0.0616. The van der Waals surface area contributed by atoms with Crippen LogP contribution in [0.4, 0.5) is 0 Å². The van der Waals surface area contributed by atoms with E-state index < -0.39 is 0 Å². The van der Waals surface area contributed by atoms with Gasteiger partial charge in [0.1, 0.15) is 0 Å². The van der Waals surface area contributed by atoms with Crippen molar-refractivity contribution in [2.45, 2.75) is 53.1 Å². The molecule has 3 unspecified atom stereocenters. The molecule has 0 aliphatic heterocycles. The summed E-state index contributed by atoms with van der Waals surface area (Å²) in [5, 5.41) is 0. The molecule has 0 bridgehead atoms. The van der Waals surface area contributed by atoms with E-state index in [0.717, 1.165) is 11.8 Å². The van der Waals surface area contributed by atoms with Crippen LogP contribution in [0.15, 0.2) is 24.3 Å². The molecule has 3 atom stereocenters. The van der Waals surface area contributed by atoms with Crippen molar-refractivity contribution in [3.63, 3.8) is 0 Å². The van der Waals surface area contributed by atoms with Crippen molar-refractivity contribution in [3.8, 4) is 0 Å². The minimum atomic E-state index is 0.613. The Bertz CT molecular complexity index is 372. The Hall–Kier alpha value is -0.860. The van der Waals surface area contributed by atoms with Gasteiger partial charge in [0.25, 0.3) is 0 Å². The summed E-state index contributed by atoms with van der Waals surface area (Å²) < 4.78 is 10.5. The molecule has 0 aliphatic carbocycles. The molecule has 21 heavy (non-hydrogen) atoms. The van der Waals surface area contributed by atoms with E-state index in [1.165, 1.54) is 24.0 Å². The summed E-state index contributed by atoms with van der Waals surface area (Å²) in [6, 6.07) is 8.89. The average molecular weight is 292 g/mol. The standard InChI is InChI=1S/C19H32O2/c1-6-15(2)13-16(3)17(4)19-9-7-18(8-10-19)14-21-12-11-20-5/h7-10,15-17H,6,11-14H2,1-5H3. The molecule has 0 radical (unpaired) electrons. The van der Waals surface area contributed by atoms with Crippen molar-refractivity contribution >= 4 is 0 Å². The van der Waals surface area contributed by atoms with Crippen LogP contribution in [0.3, 0.4) is 0 Å². The highest BCUT2D eigenvalue weighted by Crippen LogP contribution is 2.29. The molecule has 2 heteroatoms. The van der Waals surface area contributed by atoms with E-state index in [9.17, 15) is 0 Å². The Morgan fingerprint density at radius 1 is 1.00 bits per heavy atom. The average Bonchev–Trinajstić information content (AvgIpc) is 2.51. The van der Waals surface area contributed by atoms with Gasteiger partial charge in [-0.15, -0.1) is 0 Å². The quantitative estimate of drug-likeness (QED) is 0.563. The third-order valence-electron chi connectivity index (χ3n) is 4.53. The van der Waals surface area contributed by atoms with Crippen LogP contribution in [0.1, 0.15) is 57.6 Å². The maximum Gasteiger partial charge on any atom is 0.0718 e. The van der Waals surface area contributed by atoms with E-state index in [1.807, 2.05) is 0 Å². The van der Waals surface area contributed by atoms with Crippen molar-refractivity contribution in [3.05, 3.63) is 35.4 Å². The first-order chi connectivity index (χ1) is 10.1. The first-order valence-corrected chi connectivity index (χ1v) is 8.24. The molecular weight excluding hydrogens is 260 g/mol. The molecule has 1 aromatic carbocycles. The lowest BCUT2D eigenvalue weighted by Gasteiger charge is -2.23. The summed E-state index contributed by atoms with van der Waals surface area (Å²) >= 11 is 0. The van der Waals surface area contributed by atoms with Crippen LogP contribution in [0, 0.1) is 11.8 Å². The molecule has 0 heterocycles. The van der Waals surface area contributed by atoms with E-state index >= 15 is 0 Å². The van der Waals surface area contributed by atoms with Gasteiger partial charge in [-0.3, -0.25) is 0 Å². The topological polar surface area (TPSA) is 18.5 Å². The van der Waals surface area contributed by atoms with Gasteiger partial charge < -0.3 is 9.47 Å².